The van der Waals surface area contributed by atoms with Gasteiger partial charge in [0.2, 0.25) is 0 Å². The van der Waals surface area contributed by atoms with Crippen LogP contribution in [0.3, 0.4) is 0 Å². The molecule has 2 saturated heterocycles. The highest BCUT2D eigenvalue weighted by Crippen LogP contribution is 2.32. The van der Waals surface area contributed by atoms with Crippen LogP contribution in [0.25, 0.3) is 0 Å². The van der Waals surface area contributed by atoms with E-state index in [0.29, 0.717) is 22.5 Å². The Kier molecular flexibility index (Phi) is 4.06. The summed E-state index contributed by atoms with van der Waals surface area (Å²) < 4.78 is 0. The van der Waals surface area contributed by atoms with Crippen LogP contribution in [0, 0.1) is 11.8 Å². The number of carbonyl (C=O) groups excluding carboxylic acids is 1. The van der Waals surface area contributed by atoms with Crippen molar-refractivity contribution in [3.63, 3.8) is 0 Å². The van der Waals surface area contributed by atoms with E-state index in [-0.39, 0.29) is 5.91 Å². The van der Waals surface area contributed by atoms with Gasteiger partial charge in [0, 0.05) is 26.2 Å². The number of aromatic nitrogens is 1. The number of anilines is 2. The van der Waals surface area contributed by atoms with Gasteiger partial charge in [-0.2, -0.15) is 0 Å². The smallest absolute Gasteiger partial charge is 0.267 e. The van der Waals surface area contributed by atoms with Gasteiger partial charge >= 0.3 is 0 Å². The highest BCUT2D eigenvalue weighted by atomic mass is 32.1. The van der Waals surface area contributed by atoms with Crippen LogP contribution < -0.4 is 10.6 Å². The highest BCUT2D eigenvalue weighted by Gasteiger charge is 2.32. The Morgan fingerprint density at radius 2 is 1.81 bits per heavy atom. The van der Waals surface area contributed by atoms with Gasteiger partial charge in [0.1, 0.15) is 10.7 Å². The van der Waals surface area contributed by atoms with Crippen molar-refractivity contribution in [1.82, 2.24) is 9.88 Å². The molecular weight excluding hydrogens is 284 g/mol. The van der Waals surface area contributed by atoms with E-state index in [1.54, 1.807) is 0 Å². The number of nitrogens with two attached hydrogens (primary N) is 1. The molecule has 2 aliphatic heterocycles. The van der Waals surface area contributed by atoms with Gasteiger partial charge in [0.05, 0.1) is 0 Å². The maximum Gasteiger partial charge on any atom is 0.267 e. The molecule has 0 aliphatic carbocycles. The molecule has 2 atom stereocenters. The van der Waals surface area contributed by atoms with E-state index in [1.165, 1.54) is 30.6 Å². The molecule has 3 heterocycles. The second-order valence-electron chi connectivity index (χ2n) is 6.42. The number of carbonyl (C=O) groups is 1. The van der Waals surface area contributed by atoms with Gasteiger partial charge in [-0.05, 0) is 31.1 Å². The van der Waals surface area contributed by atoms with E-state index in [9.17, 15) is 4.79 Å². The first kappa shape index (κ1) is 14.6. The van der Waals surface area contributed by atoms with Crippen molar-refractivity contribution in [2.24, 2.45) is 11.8 Å². The number of nitrogens with zero attached hydrogens (tertiary/aromatic N) is 3. The Morgan fingerprint density at radius 3 is 2.43 bits per heavy atom. The topological polar surface area (TPSA) is 62.5 Å². The summed E-state index contributed by atoms with van der Waals surface area (Å²) in [6.07, 6.45) is 3.68. The second-order valence-corrected chi connectivity index (χ2v) is 7.40. The number of hydrogen-bond donors (Lipinski definition) is 1. The maximum absolute atomic E-state index is 12.7. The molecule has 21 heavy (non-hydrogen) atoms. The van der Waals surface area contributed by atoms with Crippen LogP contribution in [0.5, 0.6) is 0 Å². The van der Waals surface area contributed by atoms with Crippen LogP contribution in [0.4, 0.5) is 10.9 Å². The minimum absolute atomic E-state index is 0.0597. The van der Waals surface area contributed by atoms with E-state index >= 15 is 0 Å². The summed E-state index contributed by atoms with van der Waals surface area (Å²) in [6.45, 7) is 8.11. The number of amides is 1. The Morgan fingerprint density at radius 1 is 1.19 bits per heavy atom. The monoisotopic (exact) mass is 308 g/mol. The molecule has 3 rings (SSSR count). The lowest BCUT2D eigenvalue weighted by Crippen LogP contribution is -2.29. The van der Waals surface area contributed by atoms with E-state index < -0.39 is 0 Å². The number of piperidine rings is 1. The zero-order valence-corrected chi connectivity index (χ0v) is 13.7. The average Bonchev–Trinajstić information content (AvgIpc) is 3.03. The molecular formula is C15H24N4OS. The van der Waals surface area contributed by atoms with Crippen molar-refractivity contribution >= 4 is 28.2 Å². The third-order valence-corrected chi connectivity index (χ3v) is 5.86. The summed E-state index contributed by atoms with van der Waals surface area (Å²) in [4.78, 5) is 21.9. The summed E-state index contributed by atoms with van der Waals surface area (Å²) in [5.74, 6) is 1.58. The Hall–Kier alpha value is -1.30. The van der Waals surface area contributed by atoms with Gasteiger partial charge < -0.3 is 15.5 Å². The predicted octanol–water partition coefficient (Wildman–Crippen LogP) is 2.44. The zero-order chi connectivity index (χ0) is 15.0. The van der Waals surface area contributed by atoms with Crippen LogP contribution in [0.2, 0.25) is 0 Å². The lowest BCUT2D eigenvalue weighted by atomic mass is 10.0. The fraction of sp³-hybridized carbons (Fsp3) is 0.733. The maximum atomic E-state index is 12.7. The van der Waals surface area contributed by atoms with Crippen molar-refractivity contribution in [1.29, 1.82) is 0 Å². The first-order valence-electron chi connectivity index (χ1n) is 7.86. The molecule has 2 unspecified atom stereocenters. The van der Waals surface area contributed by atoms with Crippen LogP contribution >= 0.6 is 11.3 Å². The van der Waals surface area contributed by atoms with Crippen LogP contribution in [0.1, 0.15) is 42.8 Å². The van der Waals surface area contributed by atoms with Crippen molar-refractivity contribution in [2.75, 3.05) is 36.8 Å². The summed E-state index contributed by atoms with van der Waals surface area (Å²) in [5, 5.41) is 0.913. The Labute approximate surface area is 130 Å². The molecule has 2 N–H and O–H groups in total. The number of rotatable bonds is 2. The molecule has 2 fully saturated rings. The van der Waals surface area contributed by atoms with Crippen molar-refractivity contribution in [3.8, 4) is 0 Å². The fourth-order valence-corrected chi connectivity index (χ4v) is 4.14. The third-order valence-electron chi connectivity index (χ3n) is 4.74. The number of hydrogen-bond acceptors (Lipinski definition) is 5. The second kappa shape index (κ2) is 5.83. The van der Waals surface area contributed by atoms with E-state index in [2.05, 4.69) is 23.7 Å². The molecule has 2 aliphatic rings. The van der Waals surface area contributed by atoms with Gasteiger partial charge in [0.25, 0.3) is 5.91 Å². The van der Waals surface area contributed by atoms with Crippen LogP contribution in [-0.4, -0.2) is 42.0 Å². The molecule has 6 heteroatoms. The molecule has 0 saturated carbocycles. The van der Waals surface area contributed by atoms with Gasteiger partial charge in [0.15, 0.2) is 5.13 Å². The molecule has 0 spiro atoms. The molecule has 0 bridgehead atoms. The normalized spacial score (nSPS) is 26.4. The van der Waals surface area contributed by atoms with Crippen molar-refractivity contribution in [2.45, 2.75) is 33.1 Å². The summed E-state index contributed by atoms with van der Waals surface area (Å²) >= 11 is 1.46. The van der Waals surface area contributed by atoms with E-state index in [0.717, 1.165) is 31.3 Å². The standard InChI is InChI=1S/C15H24N4OS/c1-10-8-19(9-11(10)2)14(20)12-13(16)17-15(21-12)18-6-4-3-5-7-18/h10-11H,3-9,16H2,1-2H3. The van der Waals surface area contributed by atoms with Gasteiger partial charge in [-0.3, -0.25) is 4.79 Å². The van der Waals surface area contributed by atoms with E-state index in [4.69, 9.17) is 5.73 Å². The zero-order valence-electron chi connectivity index (χ0n) is 12.8. The molecule has 116 valence electrons. The first-order chi connectivity index (χ1) is 10.1. The minimum Gasteiger partial charge on any atom is -0.382 e. The van der Waals surface area contributed by atoms with Crippen molar-refractivity contribution in [3.05, 3.63) is 4.88 Å². The predicted molar refractivity (Wildman–Crippen MR) is 86.8 cm³/mol. The van der Waals surface area contributed by atoms with E-state index in [1.807, 2.05) is 4.90 Å². The highest BCUT2D eigenvalue weighted by molar-refractivity contribution is 7.18. The largest absolute Gasteiger partial charge is 0.382 e. The molecule has 5 nitrogen and oxygen atoms in total. The number of nitrogen functional groups attached to an aromatic ring is 1. The number of likely N-dealkylation sites (tertiary alicyclic amines) is 1. The summed E-state index contributed by atoms with van der Waals surface area (Å²) in [6, 6.07) is 0. The van der Waals surface area contributed by atoms with Gasteiger partial charge in [-0.15, -0.1) is 0 Å². The van der Waals surface area contributed by atoms with Crippen LogP contribution in [-0.2, 0) is 0 Å². The lowest BCUT2D eigenvalue weighted by molar-refractivity contribution is 0.0790. The summed E-state index contributed by atoms with van der Waals surface area (Å²) in [5.41, 5.74) is 6.01. The first-order valence-corrected chi connectivity index (χ1v) is 8.68. The summed E-state index contributed by atoms with van der Waals surface area (Å²) in [7, 11) is 0. The van der Waals surface area contributed by atoms with Crippen molar-refractivity contribution < 1.29 is 4.79 Å². The molecule has 0 radical (unpaired) electrons. The Bertz CT molecular complexity index is 514. The van der Waals surface area contributed by atoms with Gasteiger partial charge in [-0.25, -0.2) is 4.98 Å². The SMILES string of the molecule is CC1CN(C(=O)c2sc(N3CCCCC3)nc2N)CC1C. The molecule has 0 aromatic carbocycles. The Balaban J connectivity index is 1.76. The number of thiazole rings is 1. The average molecular weight is 308 g/mol. The van der Waals surface area contributed by atoms with Crippen LogP contribution in [0.15, 0.2) is 0 Å². The lowest BCUT2D eigenvalue weighted by Gasteiger charge is -2.25. The molecule has 1 amide bonds. The molecule has 1 aromatic heterocycles. The third kappa shape index (κ3) is 2.86. The molecule has 1 aromatic rings. The quantitative estimate of drug-likeness (QED) is 0.911. The fourth-order valence-electron chi connectivity index (χ4n) is 3.13. The van der Waals surface area contributed by atoms with Gasteiger partial charge in [-0.1, -0.05) is 25.2 Å². The minimum atomic E-state index is 0.0597.